The quantitative estimate of drug-likeness (QED) is 0.370. The van der Waals surface area contributed by atoms with Crippen LogP contribution in [0, 0.1) is 17.8 Å². The molecule has 0 unspecified atom stereocenters. The molecule has 1 heterocycles. The van der Waals surface area contributed by atoms with Crippen molar-refractivity contribution in [2.45, 2.75) is 74.8 Å². The first kappa shape index (κ1) is 24.9. The Morgan fingerprint density at radius 1 is 0.897 bits per heavy atom. The van der Waals surface area contributed by atoms with Gasteiger partial charge in [0.1, 0.15) is 18.1 Å². The number of fused-ring (bicyclic) bond motifs is 1. The molecule has 5 aliphatic carbocycles. The maximum atomic E-state index is 13.3. The number of nitrogens with one attached hydrogen (secondary N) is 2. The number of carbonyl (C=O) groups excluding carboxylic acids is 1. The van der Waals surface area contributed by atoms with Gasteiger partial charge in [-0.1, -0.05) is 6.07 Å². The second-order valence-electron chi connectivity index (χ2n) is 12.1. The van der Waals surface area contributed by atoms with Crippen molar-refractivity contribution >= 4 is 21.6 Å². The Hall–Kier alpha value is -3.10. The van der Waals surface area contributed by atoms with Gasteiger partial charge in [0.15, 0.2) is 5.76 Å². The summed E-state index contributed by atoms with van der Waals surface area (Å²) < 4.78 is 41.2. The summed E-state index contributed by atoms with van der Waals surface area (Å²) in [4.78, 5) is 13.0. The Morgan fingerprint density at radius 3 is 2.31 bits per heavy atom. The van der Waals surface area contributed by atoms with Gasteiger partial charge in [-0.25, -0.2) is 13.1 Å². The molecule has 1 amide bonds. The maximum Gasteiger partial charge on any atom is 0.291 e. The molecular formula is C31H34N2O5S. The van der Waals surface area contributed by atoms with E-state index in [0.717, 1.165) is 37.9 Å². The Bertz CT molecular complexity index is 1470. The number of ether oxygens (including phenoxy) is 1. The summed E-state index contributed by atoms with van der Waals surface area (Å²) in [5.41, 5.74) is 2.95. The van der Waals surface area contributed by atoms with Crippen molar-refractivity contribution < 1.29 is 22.4 Å². The molecule has 4 fully saturated rings. The molecule has 3 aromatic rings. The SMILES string of the molecule is O=C(Nc1ccc(S(=O)(=O)NC23CC4CC(CC(C4)C2)C3)cc1)c1ccc(COc2ccc3c(c2)CCC3)o1. The number of sulfonamides is 1. The lowest BCUT2D eigenvalue weighted by molar-refractivity contribution is -0.00810. The van der Waals surface area contributed by atoms with Crippen molar-refractivity contribution in [1.29, 1.82) is 0 Å². The summed E-state index contributed by atoms with van der Waals surface area (Å²) in [5.74, 6) is 3.09. The average Bonchev–Trinajstić information content (AvgIpc) is 3.56. The fraction of sp³-hybridized carbons (Fsp3) is 0.452. The standard InChI is InChI=1S/C31H34N2O5S/c34-30(29-11-8-27(38-29)19-37-26-7-4-23-2-1-3-24(23)15-26)32-25-5-9-28(10-6-25)39(35,36)33-31-16-20-12-21(17-31)14-22(13-20)18-31/h4-11,15,20-22,33H,1-3,12-14,16-19H2,(H,32,34). The lowest BCUT2D eigenvalue weighted by Gasteiger charge is -2.56. The number of rotatable bonds is 8. The summed E-state index contributed by atoms with van der Waals surface area (Å²) in [6, 6.07) is 15.9. The van der Waals surface area contributed by atoms with Crippen molar-refractivity contribution in [2.24, 2.45) is 17.8 Å². The van der Waals surface area contributed by atoms with Gasteiger partial charge in [0.05, 0.1) is 4.90 Å². The molecular weight excluding hydrogens is 512 g/mol. The molecule has 0 saturated heterocycles. The molecule has 2 N–H and O–H groups in total. The second kappa shape index (κ2) is 9.52. The van der Waals surface area contributed by atoms with E-state index in [-0.39, 0.29) is 22.8 Å². The van der Waals surface area contributed by atoms with Gasteiger partial charge in [0.25, 0.3) is 5.91 Å². The van der Waals surface area contributed by atoms with Crippen LogP contribution in [0.3, 0.4) is 0 Å². The molecule has 2 aromatic carbocycles. The largest absolute Gasteiger partial charge is 0.486 e. The van der Waals surface area contributed by atoms with Crippen LogP contribution in [0.25, 0.3) is 0 Å². The molecule has 4 saturated carbocycles. The monoisotopic (exact) mass is 546 g/mol. The predicted molar refractivity (Wildman–Crippen MR) is 147 cm³/mol. The minimum atomic E-state index is -3.64. The number of aryl methyl sites for hydroxylation is 2. The van der Waals surface area contributed by atoms with Crippen LogP contribution in [-0.4, -0.2) is 19.9 Å². The number of carbonyl (C=O) groups is 1. The van der Waals surface area contributed by atoms with Crippen molar-refractivity contribution in [3.8, 4) is 5.75 Å². The minimum Gasteiger partial charge on any atom is -0.486 e. The van der Waals surface area contributed by atoms with Crippen molar-refractivity contribution in [3.05, 3.63) is 77.2 Å². The van der Waals surface area contributed by atoms with Crippen LogP contribution >= 0.6 is 0 Å². The first-order valence-corrected chi connectivity index (χ1v) is 15.6. The predicted octanol–water partition coefficient (Wildman–Crippen LogP) is 5.85. The van der Waals surface area contributed by atoms with Gasteiger partial charge >= 0.3 is 0 Å². The van der Waals surface area contributed by atoms with Crippen LogP contribution in [0.1, 0.15) is 72.4 Å². The Balaban J connectivity index is 0.961. The molecule has 4 bridgehead atoms. The van der Waals surface area contributed by atoms with Crippen LogP contribution in [0.15, 0.2) is 63.9 Å². The zero-order chi connectivity index (χ0) is 26.6. The normalized spacial score (nSPS) is 26.9. The van der Waals surface area contributed by atoms with Gasteiger partial charge in [-0.3, -0.25) is 4.79 Å². The Morgan fingerprint density at radius 2 is 1.59 bits per heavy atom. The highest BCUT2D eigenvalue weighted by atomic mass is 32.2. The Kier molecular flexibility index (Phi) is 6.08. The fourth-order valence-corrected chi connectivity index (χ4v) is 9.29. The van der Waals surface area contributed by atoms with Gasteiger partial charge in [-0.2, -0.15) is 0 Å². The summed E-state index contributed by atoms with van der Waals surface area (Å²) in [5, 5.41) is 2.79. The lowest BCUT2D eigenvalue weighted by Crippen LogP contribution is -2.59. The summed E-state index contributed by atoms with van der Waals surface area (Å²) >= 11 is 0. The lowest BCUT2D eigenvalue weighted by atomic mass is 9.53. The van der Waals surface area contributed by atoms with E-state index >= 15 is 0 Å². The molecule has 8 rings (SSSR count). The molecule has 0 spiro atoms. The number of furan rings is 1. The average molecular weight is 547 g/mol. The Labute approximate surface area is 229 Å². The molecule has 39 heavy (non-hydrogen) atoms. The van der Waals surface area contributed by atoms with Gasteiger partial charge < -0.3 is 14.5 Å². The molecule has 5 aliphatic rings. The van der Waals surface area contributed by atoms with Crippen molar-refractivity contribution in [2.75, 3.05) is 5.32 Å². The van der Waals surface area contributed by atoms with Crippen LogP contribution < -0.4 is 14.8 Å². The molecule has 0 radical (unpaired) electrons. The van der Waals surface area contributed by atoms with Crippen LogP contribution in [-0.2, 0) is 29.5 Å². The van der Waals surface area contributed by atoms with Crippen molar-refractivity contribution in [1.82, 2.24) is 4.72 Å². The van der Waals surface area contributed by atoms with Gasteiger partial charge in [-0.15, -0.1) is 0 Å². The first-order chi connectivity index (χ1) is 18.8. The van der Waals surface area contributed by atoms with E-state index < -0.39 is 15.9 Å². The van der Waals surface area contributed by atoms with Gasteiger partial charge in [-0.05, 0) is 135 Å². The summed E-state index contributed by atoms with van der Waals surface area (Å²) in [7, 11) is -3.64. The van der Waals surface area contributed by atoms with E-state index in [0.29, 0.717) is 29.2 Å². The number of hydrogen-bond donors (Lipinski definition) is 2. The highest BCUT2D eigenvalue weighted by Gasteiger charge is 2.52. The molecule has 0 aliphatic heterocycles. The first-order valence-electron chi connectivity index (χ1n) is 14.1. The fourth-order valence-electron chi connectivity index (χ4n) is 7.86. The number of amides is 1. The molecule has 7 nitrogen and oxygen atoms in total. The third-order valence-electron chi connectivity index (χ3n) is 9.15. The number of benzene rings is 2. The molecule has 1 aromatic heterocycles. The van der Waals surface area contributed by atoms with Crippen LogP contribution in [0.2, 0.25) is 0 Å². The van der Waals surface area contributed by atoms with Crippen molar-refractivity contribution in [3.63, 3.8) is 0 Å². The van der Waals surface area contributed by atoms with Crippen LogP contribution in [0.4, 0.5) is 5.69 Å². The van der Waals surface area contributed by atoms with Gasteiger partial charge in [0.2, 0.25) is 10.0 Å². The summed E-state index contributed by atoms with van der Waals surface area (Å²) in [6.45, 7) is 0.232. The highest BCUT2D eigenvalue weighted by molar-refractivity contribution is 7.89. The van der Waals surface area contributed by atoms with E-state index in [1.165, 1.54) is 36.8 Å². The van der Waals surface area contributed by atoms with E-state index in [1.54, 1.807) is 36.4 Å². The molecule has 0 atom stereocenters. The van der Waals surface area contributed by atoms with Gasteiger partial charge in [0, 0.05) is 11.2 Å². The number of anilines is 1. The van der Waals surface area contributed by atoms with E-state index in [9.17, 15) is 13.2 Å². The zero-order valence-corrected chi connectivity index (χ0v) is 22.8. The highest BCUT2D eigenvalue weighted by Crippen LogP contribution is 2.56. The zero-order valence-electron chi connectivity index (χ0n) is 21.9. The topological polar surface area (TPSA) is 97.6 Å². The van der Waals surface area contributed by atoms with E-state index in [4.69, 9.17) is 9.15 Å². The molecule has 8 heteroatoms. The third kappa shape index (κ3) is 5.00. The van der Waals surface area contributed by atoms with Crippen LogP contribution in [0.5, 0.6) is 5.75 Å². The number of hydrogen-bond acceptors (Lipinski definition) is 5. The minimum absolute atomic E-state index is 0.169. The summed E-state index contributed by atoms with van der Waals surface area (Å²) in [6.07, 6.45) is 10.0. The molecule has 204 valence electrons. The second-order valence-corrected chi connectivity index (χ2v) is 13.8. The third-order valence-corrected chi connectivity index (χ3v) is 10.7. The van der Waals surface area contributed by atoms with E-state index in [2.05, 4.69) is 22.2 Å². The van der Waals surface area contributed by atoms with E-state index in [1.807, 2.05) is 6.07 Å². The maximum absolute atomic E-state index is 13.3. The smallest absolute Gasteiger partial charge is 0.291 e.